The Hall–Kier alpha value is -0.220. The predicted molar refractivity (Wildman–Crippen MR) is 40.9 cm³/mol. The SMILES string of the molecule is Fc1ccc(S)c(S)c1F. The maximum Gasteiger partial charge on any atom is 0.173 e. The van der Waals surface area contributed by atoms with Gasteiger partial charge < -0.3 is 0 Å². The molecule has 0 nitrogen and oxygen atoms in total. The highest BCUT2D eigenvalue weighted by atomic mass is 32.1. The highest BCUT2D eigenvalue weighted by Gasteiger charge is 2.06. The van der Waals surface area contributed by atoms with Crippen LogP contribution in [0.2, 0.25) is 0 Å². The lowest BCUT2D eigenvalue weighted by Gasteiger charge is -1.98. The zero-order valence-electron chi connectivity index (χ0n) is 4.81. The third-order valence-corrected chi connectivity index (χ3v) is 2.03. The van der Waals surface area contributed by atoms with Gasteiger partial charge in [-0.25, -0.2) is 8.78 Å². The zero-order chi connectivity index (χ0) is 7.72. The van der Waals surface area contributed by atoms with Gasteiger partial charge >= 0.3 is 0 Å². The first kappa shape index (κ1) is 7.88. The molecule has 0 unspecified atom stereocenters. The Bertz CT molecular complexity index is 233. The molecule has 0 bridgehead atoms. The second kappa shape index (κ2) is 2.80. The molecule has 0 heterocycles. The van der Waals surface area contributed by atoms with E-state index in [9.17, 15) is 8.78 Å². The average Bonchev–Trinajstić information content (AvgIpc) is 1.93. The fourth-order valence-corrected chi connectivity index (χ4v) is 0.884. The van der Waals surface area contributed by atoms with Crippen molar-refractivity contribution in [3.8, 4) is 0 Å². The summed E-state index contributed by atoms with van der Waals surface area (Å²) in [6, 6.07) is 2.36. The molecule has 0 atom stereocenters. The highest BCUT2D eigenvalue weighted by molar-refractivity contribution is 7.83. The van der Waals surface area contributed by atoms with Crippen molar-refractivity contribution in [1.29, 1.82) is 0 Å². The summed E-state index contributed by atoms with van der Waals surface area (Å²) in [5, 5.41) is 0. The van der Waals surface area contributed by atoms with Crippen molar-refractivity contribution in [2.75, 3.05) is 0 Å². The molecule has 0 saturated heterocycles. The van der Waals surface area contributed by atoms with Crippen molar-refractivity contribution in [2.24, 2.45) is 0 Å². The van der Waals surface area contributed by atoms with Gasteiger partial charge in [-0.15, -0.1) is 25.3 Å². The molecule has 0 amide bonds. The molecule has 54 valence electrons. The van der Waals surface area contributed by atoms with Crippen molar-refractivity contribution in [1.82, 2.24) is 0 Å². The van der Waals surface area contributed by atoms with Crippen LogP contribution in [0.1, 0.15) is 0 Å². The van der Waals surface area contributed by atoms with Crippen LogP contribution in [0.15, 0.2) is 21.9 Å². The number of thiol groups is 2. The number of halogens is 2. The topological polar surface area (TPSA) is 0 Å². The van der Waals surface area contributed by atoms with Gasteiger partial charge in [0.25, 0.3) is 0 Å². The first-order valence-electron chi connectivity index (χ1n) is 2.49. The number of hydrogen-bond donors (Lipinski definition) is 2. The summed E-state index contributed by atoms with van der Waals surface area (Å²) in [4.78, 5) is 0.283. The van der Waals surface area contributed by atoms with E-state index in [1.54, 1.807) is 0 Å². The van der Waals surface area contributed by atoms with Gasteiger partial charge in [0.1, 0.15) is 0 Å². The Balaban J connectivity index is 3.34. The van der Waals surface area contributed by atoms with Crippen LogP contribution in [-0.2, 0) is 0 Å². The lowest BCUT2D eigenvalue weighted by molar-refractivity contribution is 0.486. The Morgan fingerprint density at radius 1 is 1.10 bits per heavy atom. The summed E-state index contributed by atoms with van der Waals surface area (Å²) in [7, 11) is 0. The van der Waals surface area contributed by atoms with Gasteiger partial charge in [0, 0.05) is 4.90 Å². The van der Waals surface area contributed by atoms with E-state index >= 15 is 0 Å². The fourth-order valence-electron chi connectivity index (χ4n) is 0.530. The lowest BCUT2D eigenvalue weighted by atomic mass is 10.3. The molecular weight excluding hydrogens is 174 g/mol. The Kier molecular flexibility index (Phi) is 2.21. The first-order valence-corrected chi connectivity index (χ1v) is 3.38. The summed E-state index contributed by atoms with van der Waals surface area (Å²) >= 11 is 7.52. The average molecular weight is 178 g/mol. The summed E-state index contributed by atoms with van der Waals surface area (Å²) in [6.45, 7) is 0. The quantitative estimate of drug-likeness (QED) is 0.560. The number of benzene rings is 1. The van der Waals surface area contributed by atoms with E-state index in [0.717, 1.165) is 6.07 Å². The smallest absolute Gasteiger partial charge is 0.173 e. The van der Waals surface area contributed by atoms with Crippen LogP contribution in [-0.4, -0.2) is 0 Å². The molecule has 0 N–H and O–H groups in total. The summed E-state index contributed by atoms with van der Waals surface area (Å²) in [5.74, 6) is -1.85. The molecule has 1 rings (SSSR count). The minimum Gasteiger partial charge on any atom is -0.204 e. The highest BCUT2D eigenvalue weighted by Crippen LogP contribution is 2.22. The molecule has 1 aromatic carbocycles. The van der Waals surface area contributed by atoms with E-state index in [0.29, 0.717) is 4.90 Å². The van der Waals surface area contributed by atoms with Crippen LogP contribution in [0.5, 0.6) is 0 Å². The summed E-state index contributed by atoms with van der Waals surface area (Å²) in [6.07, 6.45) is 0. The minimum atomic E-state index is -0.948. The second-order valence-electron chi connectivity index (χ2n) is 1.73. The molecule has 10 heavy (non-hydrogen) atoms. The van der Waals surface area contributed by atoms with Gasteiger partial charge in [-0.2, -0.15) is 0 Å². The van der Waals surface area contributed by atoms with Gasteiger partial charge in [-0.3, -0.25) is 0 Å². The second-order valence-corrected chi connectivity index (χ2v) is 2.66. The third kappa shape index (κ3) is 1.27. The van der Waals surface area contributed by atoms with Gasteiger partial charge in [0.05, 0.1) is 4.90 Å². The number of hydrogen-bond acceptors (Lipinski definition) is 2. The van der Waals surface area contributed by atoms with Crippen molar-refractivity contribution in [3.63, 3.8) is 0 Å². The monoisotopic (exact) mass is 178 g/mol. The van der Waals surface area contributed by atoms with E-state index in [-0.39, 0.29) is 4.90 Å². The van der Waals surface area contributed by atoms with Crippen LogP contribution in [0.4, 0.5) is 8.78 Å². The van der Waals surface area contributed by atoms with E-state index in [4.69, 9.17) is 0 Å². The number of rotatable bonds is 0. The van der Waals surface area contributed by atoms with Gasteiger partial charge in [0.15, 0.2) is 11.6 Å². The Morgan fingerprint density at radius 2 is 1.70 bits per heavy atom. The lowest BCUT2D eigenvalue weighted by Crippen LogP contribution is -1.85. The van der Waals surface area contributed by atoms with E-state index in [1.165, 1.54) is 6.07 Å². The van der Waals surface area contributed by atoms with Crippen molar-refractivity contribution in [3.05, 3.63) is 23.8 Å². The maximum absolute atomic E-state index is 12.5. The fraction of sp³-hybridized carbons (Fsp3) is 0. The molecule has 1 aromatic rings. The van der Waals surface area contributed by atoms with E-state index in [1.807, 2.05) is 0 Å². The molecule has 0 fully saturated rings. The molecule has 0 radical (unpaired) electrons. The summed E-state index contributed by atoms with van der Waals surface area (Å²) < 4.78 is 24.8. The predicted octanol–water partition coefficient (Wildman–Crippen LogP) is 2.54. The van der Waals surface area contributed by atoms with Crippen LogP contribution < -0.4 is 0 Å². The molecule has 0 aliphatic heterocycles. The standard InChI is InChI=1S/C6H4F2S2/c7-3-1-2-4(9)6(10)5(3)8/h1-2,9-10H. The minimum absolute atomic E-state index is 0.0525. The van der Waals surface area contributed by atoms with E-state index in [2.05, 4.69) is 25.3 Å². The van der Waals surface area contributed by atoms with Crippen LogP contribution in [0, 0.1) is 11.6 Å². The first-order chi connectivity index (χ1) is 4.63. The molecule has 0 spiro atoms. The normalized spacial score (nSPS) is 10.0. The van der Waals surface area contributed by atoms with Crippen molar-refractivity contribution >= 4 is 25.3 Å². The molecule has 4 heteroatoms. The van der Waals surface area contributed by atoms with Gasteiger partial charge in [0.2, 0.25) is 0 Å². The van der Waals surface area contributed by atoms with Crippen molar-refractivity contribution < 1.29 is 8.78 Å². The van der Waals surface area contributed by atoms with Crippen LogP contribution in [0.3, 0.4) is 0 Å². The zero-order valence-corrected chi connectivity index (χ0v) is 6.59. The van der Waals surface area contributed by atoms with Crippen LogP contribution in [0.25, 0.3) is 0 Å². The maximum atomic E-state index is 12.5. The summed E-state index contributed by atoms with van der Waals surface area (Å²) in [5.41, 5.74) is 0. The largest absolute Gasteiger partial charge is 0.204 e. The molecule has 0 saturated carbocycles. The Labute approximate surface area is 68.1 Å². The molecule has 0 aliphatic carbocycles. The molecule has 0 aromatic heterocycles. The Morgan fingerprint density at radius 3 is 2.20 bits per heavy atom. The third-order valence-electron chi connectivity index (χ3n) is 1.05. The van der Waals surface area contributed by atoms with E-state index < -0.39 is 11.6 Å². The van der Waals surface area contributed by atoms with Gasteiger partial charge in [-0.1, -0.05) is 0 Å². The molecule has 0 aliphatic rings. The molecular formula is C6H4F2S2. The van der Waals surface area contributed by atoms with Gasteiger partial charge in [-0.05, 0) is 12.1 Å². The van der Waals surface area contributed by atoms with Crippen LogP contribution >= 0.6 is 25.3 Å². The van der Waals surface area contributed by atoms with Crippen molar-refractivity contribution in [2.45, 2.75) is 9.79 Å².